The van der Waals surface area contributed by atoms with Crippen LogP contribution in [0.3, 0.4) is 0 Å². The first-order valence-corrected chi connectivity index (χ1v) is 6.53. The Bertz CT molecular complexity index is 254. The van der Waals surface area contributed by atoms with Gasteiger partial charge in [0.15, 0.2) is 0 Å². The Morgan fingerprint density at radius 1 is 1.20 bits per heavy atom. The van der Waals surface area contributed by atoms with Gasteiger partial charge in [0.05, 0.1) is 0 Å². The summed E-state index contributed by atoms with van der Waals surface area (Å²) in [6.07, 6.45) is 13.0. The third kappa shape index (κ3) is 2.50. The number of hydrogen-bond donors (Lipinski definition) is 0. The second-order valence-electron chi connectivity index (χ2n) is 5.17. The molecule has 2 aliphatic rings. The molecule has 0 aromatic heterocycles. The Labute approximate surface area is 92.9 Å². The van der Waals surface area contributed by atoms with Gasteiger partial charge in [-0.2, -0.15) is 0 Å². The maximum absolute atomic E-state index is 12.0. The minimum Gasteiger partial charge on any atom is -0.299 e. The summed E-state index contributed by atoms with van der Waals surface area (Å²) in [6.45, 7) is 2.23. The molecule has 0 amide bonds. The first-order valence-electron chi connectivity index (χ1n) is 6.53. The molecule has 84 valence electrons. The van der Waals surface area contributed by atoms with Crippen LogP contribution in [0.4, 0.5) is 0 Å². The van der Waals surface area contributed by atoms with Gasteiger partial charge < -0.3 is 0 Å². The average Bonchev–Trinajstić information content (AvgIpc) is 2.64. The zero-order valence-corrected chi connectivity index (χ0v) is 9.74. The molecule has 0 heterocycles. The number of Topliss-reactive ketones (excluding diaryl/α,β-unsaturated/α-hetero) is 1. The highest BCUT2D eigenvalue weighted by Gasteiger charge is 2.36. The third-order valence-corrected chi connectivity index (χ3v) is 3.93. The molecule has 0 aliphatic heterocycles. The van der Waals surface area contributed by atoms with Crippen molar-refractivity contribution in [3.63, 3.8) is 0 Å². The Hall–Kier alpha value is -0.590. The smallest absolute Gasteiger partial charge is 0.142 e. The molecule has 0 aromatic carbocycles. The molecule has 0 saturated heterocycles. The molecular formula is C14H22O. The van der Waals surface area contributed by atoms with Crippen molar-refractivity contribution >= 4 is 5.78 Å². The highest BCUT2D eigenvalue weighted by molar-refractivity contribution is 5.86. The van der Waals surface area contributed by atoms with E-state index in [9.17, 15) is 4.79 Å². The quantitative estimate of drug-likeness (QED) is 0.494. The minimum absolute atomic E-state index is 0.292. The molecule has 1 heteroatoms. The van der Waals surface area contributed by atoms with Gasteiger partial charge in [-0.25, -0.2) is 0 Å². The second-order valence-corrected chi connectivity index (χ2v) is 5.17. The molecule has 0 aromatic rings. The minimum atomic E-state index is 0.292. The van der Waals surface area contributed by atoms with Gasteiger partial charge in [-0.05, 0) is 25.2 Å². The van der Waals surface area contributed by atoms with E-state index in [1.807, 2.05) is 0 Å². The number of unbranched alkanes of at least 4 members (excludes halogenated alkanes) is 3. The summed E-state index contributed by atoms with van der Waals surface area (Å²) in [4.78, 5) is 12.0. The largest absolute Gasteiger partial charge is 0.299 e. The van der Waals surface area contributed by atoms with Gasteiger partial charge in [0, 0.05) is 11.8 Å². The van der Waals surface area contributed by atoms with Crippen LogP contribution in [-0.2, 0) is 4.79 Å². The predicted molar refractivity (Wildman–Crippen MR) is 62.6 cm³/mol. The lowest BCUT2D eigenvalue weighted by atomic mass is 9.77. The van der Waals surface area contributed by atoms with Crippen LogP contribution in [0.25, 0.3) is 0 Å². The molecule has 1 nitrogen and oxygen atoms in total. The Morgan fingerprint density at radius 2 is 2.07 bits per heavy atom. The van der Waals surface area contributed by atoms with Crippen molar-refractivity contribution in [3.8, 4) is 0 Å². The second kappa shape index (κ2) is 4.96. The Kier molecular flexibility index (Phi) is 3.61. The lowest BCUT2D eigenvalue weighted by molar-refractivity contribution is -0.128. The van der Waals surface area contributed by atoms with Crippen LogP contribution in [0.1, 0.15) is 51.9 Å². The number of rotatable bonds is 5. The van der Waals surface area contributed by atoms with E-state index in [0.29, 0.717) is 17.6 Å². The van der Waals surface area contributed by atoms with Gasteiger partial charge in [-0.3, -0.25) is 4.79 Å². The van der Waals surface area contributed by atoms with Crippen LogP contribution in [0.2, 0.25) is 0 Å². The number of hydrogen-bond acceptors (Lipinski definition) is 1. The lowest BCUT2D eigenvalue weighted by Crippen LogP contribution is -2.28. The van der Waals surface area contributed by atoms with Crippen LogP contribution < -0.4 is 0 Å². The number of carbonyl (C=O) groups is 1. The summed E-state index contributed by atoms with van der Waals surface area (Å²) in [5.41, 5.74) is 0. The monoisotopic (exact) mass is 206 g/mol. The average molecular weight is 206 g/mol. The van der Waals surface area contributed by atoms with E-state index in [2.05, 4.69) is 19.1 Å². The molecule has 0 spiro atoms. The van der Waals surface area contributed by atoms with Crippen molar-refractivity contribution in [2.75, 3.05) is 0 Å². The Balaban J connectivity index is 1.76. The predicted octanol–water partition coefficient (Wildman–Crippen LogP) is 3.74. The third-order valence-electron chi connectivity index (χ3n) is 3.93. The summed E-state index contributed by atoms with van der Waals surface area (Å²) in [7, 11) is 0. The van der Waals surface area contributed by atoms with E-state index in [1.54, 1.807) is 0 Å². The van der Waals surface area contributed by atoms with Crippen molar-refractivity contribution in [1.29, 1.82) is 0 Å². The van der Waals surface area contributed by atoms with E-state index in [4.69, 9.17) is 0 Å². The lowest BCUT2D eigenvalue weighted by Gasteiger charge is -2.26. The Morgan fingerprint density at radius 3 is 2.87 bits per heavy atom. The SMILES string of the molecule is CCCCCC[C@H]1C[C@H]2C=C[C@H](C2)C1=O. The van der Waals surface area contributed by atoms with Gasteiger partial charge in [-0.15, -0.1) is 0 Å². The zero-order valence-electron chi connectivity index (χ0n) is 9.74. The van der Waals surface area contributed by atoms with Crippen molar-refractivity contribution in [2.24, 2.45) is 17.8 Å². The van der Waals surface area contributed by atoms with Crippen LogP contribution in [0, 0.1) is 17.8 Å². The fourth-order valence-corrected chi connectivity index (χ4v) is 3.02. The first-order chi connectivity index (χ1) is 7.31. The zero-order chi connectivity index (χ0) is 10.7. The van der Waals surface area contributed by atoms with Gasteiger partial charge in [0.2, 0.25) is 0 Å². The maximum Gasteiger partial charge on any atom is 0.142 e. The number of fused-ring (bicyclic) bond motifs is 2. The molecule has 3 atom stereocenters. The number of allylic oxidation sites excluding steroid dienone is 2. The van der Waals surface area contributed by atoms with E-state index in [0.717, 1.165) is 25.2 Å². The standard InChI is InChI=1S/C14H22O/c1-2-3-4-5-6-12-9-11-7-8-13(10-11)14(12)15/h7-8,11-13H,2-6,9-10H2,1H3/t11-,12+,13-/m1/s1. The van der Waals surface area contributed by atoms with Gasteiger partial charge in [0.1, 0.15) is 5.78 Å². The van der Waals surface area contributed by atoms with Gasteiger partial charge >= 0.3 is 0 Å². The fourth-order valence-electron chi connectivity index (χ4n) is 3.02. The van der Waals surface area contributed by atoms with Crippen LogP contribution in [-0.4, -0.2) is 5.78 Å². The number of ketones is 1. The van der Waals surface area contributed by atoms with Gasteiger partial charge in [0.25, 0.3) is 0 Å². The molecule has 0 N–H and O–H groups in total. The van der Waals surface area contributed by atoms with Crippen LogP contribution in [0.15, 0.2) is 12.2 Å². The summed E-state index contributed by atoms with van der Waals surface area (Å²) in [6, 6.07) is 0. The highest BCUT2D eigenvalue weighted by Crippen LogP contribution is 2.39. The van der Waals surface area contributed by atoms with Gasteiger partial charge in [-0.1, -0.05) is 44.8 Å². The topological polar surface area (TPSA) is 17.1 Å². The summed E-state index contributed by atoms with van der Waals surface area (Å²) in [5.74, 6) is 1.95. The molecule has 2 bridgehead atoms. The molecule has 0 unspecified atom stereocenters. The molecule has 2 rings (SSSR count). The fraction of sp³-hybridized carbons (Fsp3) is 0.786. The normalized spacial score (nSPS) is 33.7. The highest BCUT2D eigenvalue weighted by atomic mass is 16.1. The summed E-state index contributed by atoms with van der Waals surface area (Å²) >= 11 is 0. The van der Waals surface area contributed by atoms with Crippen LogP contribution in [0.5, 0.6) is 0 Å². The summed E-state index contributed by atoms with van der Waals surface area (Å²) in [5, 5.41) is 0. The molecule has 15 heavy (non-hydrogen) atoms. The van der Waals surface area contributed by atoms with E-state index in [1.165, 1.54) is 25.7 Å². The maximum atomic E-state index is 12.0. The van der Waals surface area contributed by atoms with E-state index >= 15 is 0 Å². The molecular weight excluding hydrogens is 184 g/mol. The number of carbonyl (C=O) groups excluding carboxylic acids is 1. The molecule has 0 radical (unpaired) electrons. The van der Waals surface area contributed by atoms with Crippen molar-refractivity contribution in [3.05, 3.63) is 12.2 Å². The van der Waals surface area contributed by atoms with Crippen molar-refractivity contribution in [1.82, 2.24) is 0 Å². The van der Waals surface area contributed by atoms with E-state index < -0.39 is 0 Å². The summed E-state index contributed by atoms with van der Waals surface area (Å²) < 4.78 is 0. The molecule has 2 aliphatic carbocycles. The van der Waals surface area contributed by atoms with Crippen LogP contribution >= 0.6 is 0 Å². The molecule has 1 saturated carbocycles. The van der Waals surface area contributed by atoms with Crippen molar-refractivity contribution < 1.29 is 4.79 Å². The van der Waals surface area contributed by atoms with E-state index in [-0.39, 0.29) is 0 Å². The molecule has 1 fully saturated rings. The first kappa shape index (κ1) is 10.9. The van der Waals surface area contributed by atoms with Crippen molar-refractivity contribution in [2.45, 2.75) is 51.9 Å².